The average molecular weight is 372 g/mol. The normalized spacial score (nSPS) is 9.96. The van der Waals surface area contributed by atoms with Crippen LogP contribution in [-0.2, 0) is 6.61 Å². The number of pyridine rings is 1. The molecule has 0 spiro atoms. The Morgan fingerprint density at radius 3 is 2.71 bits per heavy atom. The predicted molar refractivity (Wildman–Crippen MR) is 103 cm³/mol. The standard InChI is InChI=1S/C21H16N4O3/c22-10-15-5-1-2-7-19(15)21(27)25-17-6-3-4-14(8-17)13-28-18-9-16(20(23)26)11-24-12-18/h1-9,11-12H,13H2,(H2,23,26)(H,25,27). The minimum Gasteiger partial charge on any atom is -0.487 e. The Labute approximate surface area is 161 Å². The van der Waals surface area contributed by atoms with Gasteiger partial charge >= 0.3 is 0 Å². The molecule has 0 bridgehead atoms. The number of hydrogen-bond donors (Lipinski definition) is 2. The monoisotopic (exact) mass is 372 g/mol. The number of rotatable bonds is 6. The van der Waals surface area contributed by atoms with Gasteiger partial charge in [0.1, 0.15) is 12.4 Å². The van der Waals surface area contributed by atoms with E-state index in [4.69, 9.17) is 15.7 Å². The van der Waals surface area contributed by atoms with Gasteiger partial charge in [-0.05, 0) is 35.9 Å². The highest BCUT2D eigenvalue weighted by molar-refractivity contribution is 6.05. The molecule has 2 amide bonds. The SMILES string of the molecule is N#Cc1ccccc1C(=O)Nc1cccc(COc2cncc(C(N)=O)c2)c1. The topological polar surface area (TPSA) is 118 Å². The first-order chi connectivity index (χ1) is 13.6. The summed E-state index contributed by atoms with van der Waals surface area (Å²) in [7, 11) is 0. The molecule has 0 aliphatic heterocycles. The van der Waals surface area contributed by atoms with E-state index in [0.29, 0.717) is 22.6 Å². The Balaban J connectivity index is 1.69. The number of benzene rings is 2. The van der Waals surface area contributed by atoms with Crippen LogP contribution >= 0.6 is 0 Å². The van der Waals surface area contributed by atoms with Crippen molar-refractivity contribution in [2.75, 3.05) is 5.32 Å². The number of hydrogen-bond acceptors (Lipinski definition) is 5. The van der Waals surface area contributed by atoms with Gasteiger partial charge < -0.3 is 15.8 Å². The van der Waals surface area contributed by atoms with Crippen LogP contribution in [0.5, 0.6) is 5.75 Å². The van der Waals surface area contributed by atoms with Crippen molar-refractivity contribution in [1.29, 1.82) is 5.26 Å². The maximum Gasteiger partial charge on any atom is 0.257 e. The largest absolute Gasteiger partial charge is 0.487 e. The maximum absolute atomic E-state index is 12.4. The maximum atomic E-state index is 12.4. The van der Waals surface area contributed by atoms with E-state index in [9.17, 15) is 9.59 Å². The molecular formula is C21H16N4O3. The number of carbonyl (C=O) groups is 2. The molecule has 0 atom stereocenters. The zero-order valence-electron chi connectivity index (χ0n) is 14.8. The number of anilines is 1. The van der Waals surface area contributed by atoms with Crippen molar-refractivity contribution in [1.82, 2.24) is 4.98 Å². The lowest BCUT2D eigenvalue weighted by Gasteiger charge is -2.10. The van der Waals surface area contributed by atoms with Gasteiger partial charge in [-0.25, -0.2) is 0 Å². The molecule has 0 unspecified atom stereocenters. The Bertz CT molecular complexity index is 1070. The number of nitrogens with zero attached hydrogens (tertiary/aromatic N) is 2. The Hall–Kier alpha value is -4.18. The van der Waals surface area contributed by atoms with Crippen LogP contribution in [0.1, 0.15) is 31.8 Å². The van der Waals surface area contributed by atoms with Gasteiger partial charge in [-0.2, -0.15) is 5.26 Å². The number of amides is 2. The fraction of sp³-hybridized carbons (Fsp3) is 0.0476. The zero-order valence-corrected chi connectivity index (χ0v) is 14.8. The van der Waals surface area contributed by atoms with E-state index < -0.39 is 5.91 Å². The van der Waals surface area contributed by atoms with Crippen LogP contribution in [0.3, 0.4) is 0 Å². The Morgan fingerprint density at radius 2 is 1.93 bits per heavy atom. The molecule has 3 aromatic rings. The van der Waals surface area contributed by atoms with Gasteiger partial charge in [-0.15, -0.1) is 0 Å². The lowest BCUT2D eigenvalue weighted by Crippen LogP contribution is -2.13. The quantitative estimate of drug-likeness (QED) is 0.690. The molecule has 7 nitrogen and oxygen atoms in total. The summed E-state index contributed by atoms with van der Waals surface area (Å²) < 4.78 is 5.64. The number of nitrogens with two attached hydrogens (primary N) is 1. The predicted octanol–water partition coefficient (Wildman–Crippen LogP) is 2.88. The van der Waals surface area contributed by atoms with Crippen LogP contribution in [-0.4, -0.2) is 16.8 Å². The van der Waals surface area contributed by atoms with Crippen LogP contribution in [0.2, 0.25) is 0 Å². The van der Waals surface area contributed by atoms with E-state index in [-0.39, 0.29) is 18.1 Å². The van der Waals surface area contributed by atoms with Crippen molar-refractivity contribution in [3.05, 3.63) is 89.2 Å². The van der Waals surface area contributed by atoms with Gasteiger partial charge in [-0.1, -0.05) is 24.3 Å². The van der Waals surface area contributed by atoms with Crippen LogP contribution in [0.15, 0.2) is 67.0 Å². The highest BCUT2D eigenvalue weighted by Crippen LogP contribution is 2.17. The number of ether oxygens (including phenoxy) is 1. The van der Waals surface area contributed by atoms with E-state index >= 15 is 0 Å². The van der Waals surface area contributed by atoms with Crippen molar-refractivity contribution in [2.24, 2.45) is 5.73 Å². The Morgan fingerprint density at radius 1 is 1.11 bits per heavy atom. The lowest BCUT2D eigenvalue weighted by atomic mass is 10.1. The summed E-state index contributed by atoms with van der Waals surface area (Å²) in [6, 6.07) is 17.2. The molecule has 3 rings (SSSR count). The second-order valence-corrected chi connectivity index (χ2v) is 5.87. The molecule has 0 fully saturated rings. The second kappa shape index (κ2) is 8.47. The molecule has 28 heavy (non-hydrogen) atoms. The highest BCUT2D eigenvalue weighted by atomic mass is 16.5. The number of nitriles is 1. The molecule has 0 saturated heterocycles. The van der Waals surface area contributed by atoms with Gasteiger partial charge in [0.25, 0.3) is 5.91 Å². The van der Waals surface area contributed by atoms with Crippen molar-refractivity contribution >= 4 is 17.5 Å². The summed E-state index contributed by atoms with van der Waals surface area (Å²) in [5.74, 6) is -0.539. The van der Waals surface area contributed by atoms with Gasteiger partial charge in [0.2, 0.25) is 5.91 Å². The van der Waals surface area contributed by atoms with Crippen molar-refractivity contribution in [3.8, 4) is 11.8 Å². The molecule has 0 radical (unpaired) electrons. The fourth-order valence-electron chi connectivity index (χ4n) is 2.52. The first kappa shape index (κ1) is 18.6. The molecule has 0 aliphatic rings. The van der Waals surface area contributed by atoms with Crippen molar-refractivity contribution in [2.45, 2.75) is 6.61 Å². The summed E-state index contributed by atoms with van der Waals surface area (Å²) in [6.45, 7) is 0.211. The first-order valence-electron chi connectivity index (χ1n) is 8.34. The zero-order chi connectivity index (χ0) is 19.9. The van der Waals surface area contributed by atoms with Crippen LogP contribution in [0.4, 0.5) is 5.69 Å². The molecule has 0 saturated carbocycles. The van der Waals surface area contributed by atoms with Gasteiger partial charge in [-0.3, -0.25) is 14.6 Å². The minimum atomic E-state index is -0.583. The first-order valence-corrected chi connectivity index (χ1v) is 8.34. The molecule has 1 aromatic heterocycles. The van der Waals surface area contributed by atoms with E-state index in [1.54, 1.807) is 42.5 Å². The summed E-state index contributed by atoms with van der Waals surface area (Å²) in [5, 5.41) is 11.9. The average Bonchev–Trinajstić information content (AvgIpc) is 2.72. The van der Waals surface area contributed by atoms with Gasteiger partial charge in [0, 0.05) is 11.9 Å². The summed E-state index contributed by atoms with van der Waals surface area (Å²) >= 11 is 0. The van der Waals surface area contributed by atoms with E-state index in [2.05, 4.69) is 10.3 Å². The van der Waals surface area contributed by atoms with E-state index in [1.165, 1.54) is 18.5 Å². The third kappa shape index (κ3) is 4.51. The Kier molecular flexibility index (Phi) is 5.63. The molecule has 3 N–H and O–H groups in total. The van der Waals surface area contributed by atoms with Crippen LogP contribution in [0.25, 0.3) is 0 Å². The lowest BCUT2D eigenvalue weighted by molar-refractivity contribution is 0.0997. The third-order valence-electron chi connectivity index (χ3n) is 3.88. The van der Waals surface area contributed by atoms with E-state index in [1.807, 2.05) is 12.1 Å². The summed E-state index contributed by atoms with van der Waals surface area (Å²) in [5.41, 5.74) is 7.48. The third-order valence-corrected chi connectivity index (χ3v) is 3.88. The minimum absolute atomic E-state index is 0.211. The second-order valence-electron chi connectivity index (χ2n) is 5.87. The van der Waals surface area contributed by atoms with Gasteiger partial charge in [0.15, 0.2) is 0 Å². The molecule has 2 aromatic carbocycles. The molecule has 1 heterocycles. The smallest absolute Gasteiger partial charge is 0.257 e. The van der Waals surface area contributed by atoms with Crippen LogP contribution < -0.4 is 15.8 Å². The molecular weight excluding hydrogens is 356 g/mol. The summed E-state index contributed by atoms with van der Waals surface area (Å²) in [4.78, 5) is 27.6. The fourth-order valence-corrected chi connectivity index (χ4v) is 2.52. The summed E-state index contributed by atoms with van der Waals surface area (Å²) in [6.07, 6.45) is 2.85. The number of primary amides is 1. The van der Waals surface area contributed by atoms with Crippen molar-refractivity contribution in [3.63, 3.8) is 0 Å². The number of aromatic nitrogens is 1. The van der Waals surface area contributed by atoms with E-state index in [0.717, 1.165) is 5.56 Å². The van der Waals surface area contributed by atoms with Gasteiger partial charge in [0.05, 0.1) is 29.0 Å². The molecule has 7 heteroatoms. The number of nitrogens with one attached hydrogen (secondary N) is 1. The molecule has 138 valence electrons. The highest BCUT2D eigenvalue weighted by Gasteiger charge is 2.11. The molecule has 0 aliphatic carbocycles. The van der Waals surface area contributed by atoms with Crippen molar-refractivity contribution < 1.29 is 14.3 Å². The van der Waals surface area contributed by atoms with Crippen LogP contribution in [0, 0.1) is 11.3 Å². The number of carbonyl (C=O) groups excluding carboxylic acids is 2.